The van der Waals surface area contributed by atoms with Crippen molar-refractivity contribution in [3.63, 3.8) is 0 Å². The Morgan fingerprint density at radius 3 is 2.72 bits per heavy atom. The van der Waals surface area contributed by atoms with Gasteiger partial charge in [0.2, 0.25) is 0 Å². The highest BCUT2D eigenvalue weighted by atomic mass is 32.1. The van der Waals surface area contributed by atoms with Gasteiger partial charge in [0.1, 0.15) is 0 Å². The van der Waals surface area contributed by atoms with E-state index >= 15 is 0 Å². The Morgan fingerprint density at radius 1 is 1.22 bits per heavy atom. The summed E-state index contributed by atoms with van der Waals surface area (Å²) in [7, 11) is 0. The van der Waals surface area contributed by atoms with Crippen LogP contribution in [0, 0.1) is 5.92 Å². The second kappa shape index (κ2) is 5.41. The Balaban J connectivity index is 2.03. The molecule has 2 aromatic rings. The van der Waals surface area contributed by atoms with Crippen molar-refractivity contribution in [2.75, 3.05) is 6.54 Å². The summed E-state index contributed by atoms with van der Waals surface area (Å²) in [5.74, 6) is 0.664. The third-order valence-corrected chi connectivity index (χ3v) is 4.12. The highest BCUT2D eigenvalue weighted by Gasteiger charge is 2.12. The summed E-state index contributed by atoms with van der Waals surface area (Å²) < 4.78 is 1.46. The van der Waals surface area contributed by atoms with Crippen LogP contribution in [0.25, 0.3) is 10.1 Å². The van der Waals surface area contributed by atoms with E-state index in [2.05, 4.69) is 62.7 Å². The molecule has 18 heavy (non-hydrogen) atoms. The number of benzene rings is 1. The van der Waals surface area contributed by atoms with Crippen LogP contribution in [0.15, 0.2) is 29.6 Å². The molecule has 0 bridgehead atoms. The van der Waals surface area contributed by atoms with Crippen LogP contribution < -0.4 is 5.32 Å². The van der Waals surface area contributed by atoms with Gasteiger partial charge >= 0.3 is 0 Å². The first-order valence-electron chi connectivity index (χ1n) is 6.66. The quantitative estimate of drug-likeness (QED) is 0.856. The minimum absolute atomic E-state index is 0.212. The maximum atomic E-state index is 3.59. The van der Waals surface area contributed by atoms with Crippen LogP contribution >= 0.6 is 11.3 Å². The molecule has 0 radical (unpaired) electrons. The van der Waals surface area contributed by atoms with E-state index in [0.29, 0.717) is 5.92 Å². The molecule has 0 amide bonds. The summed E-state index contributed by atoms with van der Waals surface area (Å²) in [5, 5.41) is 7.16. The zero-order valence-electron chi connectivity index (χ0n) is 11.8. The van der Waals surface area contributed by atoms with E-state index in [4.69, 9.17) is 0 Å². The van der Waals surface area contributed by atoms with Crippen molar-refractivity contribution in [2.24, 2.45) is 5.92 Å². The van der Waals surface area contributed by atoms with Gasteiger partial charge in [0.15, 0.2) is 0 Å². The monoisotopic (exact) mass is 261 g/mol. The van der Waals surface area contributed by atoms with Crippen molar-refractivity contribution in [1.29, 1.82) is 0 Å². The van der Waals surface area contributed by atoms with E-state index in [-0.39, 0.29) is 5.54 Å². The van der Waals surface area contributed by atoms with Crippen molar-refractivity contribution in [3.05, 3.63) is 35.2 Å². The molecule has 0 spiro atoms. The molecule has 98 valence electrons. The molecule has 0 fully saturated rings. The summed E-state index contributed by atoms with van der Waals surface area (Å²) in [6.45, 7) is 10.1. The molecular weight excluding hydrogens is 238 g/mol. The summed E-state index contributed by atoms with van der Waals surface area (Å²) in [4.78, 5) is 0. The molecule has 1 atom stereocenters. The molecule has 2 heteroatoms. The van der Waals surface area contributed by atoms with Gasteiger partial charge in [-0.15, -0.1) is 11.3 Å². The van der Waals surface area contributed by atoms with Crippen LogP contribution in [-0.2, 0) is 6.42 Å². The second-order valence-electron chi connectivity index (χ2n) is 6.20. The van der Waals surface area contributed by atoms with Gasteiger partial charge in [0.25, 0.3) is 0 Å². The molecule has 0 aliphatic heterocycles. The van der Waals surface area contributed by atoms with Crippen LogP contribution in [0.3, 0.4) is 0 Å². The molecule has 2 rings (SSSR count). The lowest BCUT2D eigenvalue weighted by atomic mass is 9.99. The van der Waals surface area contributed by atoms with Crippen molar-refractivity contribution >= 4 is 21.4 Å². The van der Waals surface area contributed by atoms with Gasteiger partial charge in [-0.3, -0.25) is 0 Å². The van der Waals surface area contributed by atoms with Crippen molar-refractivity contribution in [2.45, 2.75) is 39.7 Å². The lowest BCUT2D eigenvalue weighted by Crippen LogP contribution is -2.39. The fourth-order valence-electron chi connectivity index (χ4n) is 2.14. The molecule has 1 N–H and O–H groups in total. The SMILES string of the molecule is CC(CNC(C)(C)C)Cc1cccc2ccsc12. The molecule has 1 aromatic heterocycles. The van der Waals surface area contributed by atoms with Crippen LogP contribution in [0.1, 0.15) is 33.3 Å². The number of fused-ring (bicyclic) bond motifs is 1. The number of hydrogen-bond acceptors (Lipinski definition) is 2. The Kier molecular flexibility index (Phi) is 4.08. The van der Waals surface area contributed by atoms with Crippen molar-refractivity contribution in [1.82, 2.24) is 5.32 Å². The largest absolute Gasteiger partial charge is 0.312 e. The highest BCUT2D eigenvalue weighted by molar-refractivity contribution is 7.17. The van der Waals surface area contributed by atoms with Gasteiger partial charge in [0, 0.05) is 10.2 Å². The van der Waals surface area contributed by atoms with Gasteiger partial charge in [-0.2, -0.15) is 0 Å². The number of rotatable bonds is 4. The van der Waals surface area contributed by atoms with E-state index in [9.17, 15) is 0 Å². The molecule has 1 nitrogen and oxygen atoms in total. The third-order valence-electron chi connectivity index (χ3n) is 3.11. The number of hydrogen-bond donors (Lipinski definition) is 1. The molecular formula is C16H23NS. The van der Waals surface area contributed by atoms with Crippen LogP contribution in [0.2, 0.25) is 0 Å². The van der Waals surface area contributed by atoms with Crippen LogP contribution in [0.5, 0.6) is 0 Å². The van der Waals surface area contributed by atoms with E-state index in [1.807, 2.05) is 11.3 Å². The molecule has 0 aliphatic rings. The topological polar surface area (TPSA) is 12.0 Å². The standard InChI is InChI=1S/C16H23NS/c1-12(11-17-16(2,3)4)10-14-7-5-6-13-8-9-18-15(13)14/h5-9,12,17H,10-11H2,1-4H3. The Labute approximate surface area is 114 Å². The number of thiophene rings is 1. The Bertz CT molecular complexity index is 507. The first-order valence-corrected chi connectivity index (χ1v) is 7.54. The van der Waals surface area contributed by atoms with E-state index in [1.165, 1.54) is 15.6 Å². The summed E-state index contributed by atoms with van der Waals surface area (Å²) >= 11 is 1.86. The zero-order valence-corrected chi connectivity index (χ0v) is 12.6. The van der Waals surface area contributed by atoms with Crippen LogP contribution in [-0.4, -0.2) is 12.1 Å². The fraction of sp³-hybridized carbons (Fsp3) is 0.500. The average molecular weight is 261 g/mol. The maximum absolute atomic E-state index is 3.59. The van der Waals surface area contributed by atoms with E-state index < -0.39 is 0 Å². The minimum atomic E-state index is 0.212. The number of nitrogens with one attached hydrogen (secondary N) is 1. The van der Waals surface area contributed by atoms with E-state index in [0.717, 1.165) is 13.0 Å². The summed E-state index contributed by atoms with van der Waals surface area (Å²) in [6, 6.07) is 8.86. The Morgan fingerprint density at radius 2 is 2.00 bits per heavy atom. The third kappa shape index (κ3) is 3.56. The summed E-state index contributed by atoms with van der Waals surface area (Å²) in [5.41, 5.74) is 1.70. The van der Waals surface area contributed by atoms with E-state index in [1.54, 1.807) is 0 Å². The summed E-state index contributed by atoms with van der Waals surface area (Å²) in [6.07, 6.45) is 1.15. The Hall–Kier alpha value is -0.860. The lowest BCUT2D eigenvalue weighted by Gasteiger charge is -2.23. The fourth-order valence-corrected chi connectivity index (χ4v) is 3.07. The first kappa shape index (κ1) is 13.6. The molecule has 1 unspecified atom stereocenters. The molecule has 0 saturated carbocycles. The average Bonchev–Trinajstić information content (AvgIpc) is 2.74. The predicted molar refractivity (Wildman–Crippen MR) is 82.4 cm³/mol. The smallest absolute Gasteiger partial charge is 0.0374 e. The van der Waals surface area contributed by atoms with Gasteiger partial charge in [-0.25, -0.2) is 0 Å². The van der Waals surface area contributed by atoms with Gasteiger partial charge in [-0.1, -0.05) is 25.1 Å². The van der Waals surface area contributed by atoms with Gasteiger partial charge in [0.05, 0.1) is 0 Å². The molecule has 0 saturated heterocycles. The van der Waals surface area contributed by atoms with Gasteiger partial charge < -0.3 is 5.32 Å². The molecule has 1 heterocycles. The highest BCUT2D eigenvalue weighted by Crippen LogP contribution is 2.26. The normalized spacial score (nSPS) is 14.0. The molecule has 1 aromatic carbocycles. The maximum Gasteiger partial charge on any atom is 0.0374 e. The van der Waals surface area contributed by atoms with Crippen molar-refractivity contribution < 1.29 is 0 Å². The van der Waals surface area contributed by atoms with Crippen molar-refractivity contribution in [3.8, 4) is 0 Å². The molecule has 0 aliphatic carbocycles. The predicted octanol–water partition coefficient (Wildman–Crippen LogP) is 4.47. The second-order valence-corrected chi connectivity index (χ2v) is 7.11. The lowest BCUT2D eigenvalue weighted by molar-refractivity contribution is 0.382. The zero-order chi connectivity index (χ0) is 13.2. The first-order chi connectivity index (χ1) is 8.46. The van der Waals surface area contributed by atoms with Gasteiger partial charge in [-0.05, 0) is 62.1 Å². The minimum Gasteiger partial charge on any atom is -0.312 e. The van der Waals surface area contributed by atoms with Crippen LogP contribution in [0.4, 0.5) is 0 Å².